The predicted octanol–water partition coefficient (Wildman–Crippen LogP) is 3.12. The molecule has 0 bridgehead atoms. The van der Waals surface area contributed by atoms with Gasteiger partial charge >= 0.3 is 0 Å². The molecule has 1 N–H and O–H groups in total. The molecule has 2 rings (SSSR count). The molecule has 5 nitrogen and oxygen atoms in total. The van der Waals surface area contributed by atoms with Crippen LogP contribution in [0.4, 0.5) is 5.69 Å². The lowest BCUT2D eigenvalue weighted by atomic mass is 9.89. The van der Waals surface area contributed by atoms with Gasteiger partial charge in [0, 0.05) is 30.3 Å². The van der Waals surface area contributed by atoms with Crippen LogP contribution in [0.1, 0.15) is 44.2 Å². The Morgan fingerprint density at radius 1 is 1.33 bits per heavy atom. The molecule has 0 heterocycles. The summed E-state index contributed by atoms with van der Waals surface area (Å²) in [4.78, 5) is 12.9. The average Bonchev–Trinajstić information content (AvgIpc) is 2.53. The van der Waals surface area contributed by atoms with Gasteiger partial charge in [-0.3, -0.25) is 15.0 Å². The Hall–Kier alpha value is -1.46. The zero-order valence-corrected chi connectivity index (χ0v) is 13.1. The quantitative estimate of drug-likeness (QED) is 0.669. The van der Waals surface area contributed by atoms with Crippen molar-refractivity contribution in [1.82, 2.24) is 10.2 Å². The minimum absolute atomic E-state index is 0.173. The Morgan fingerprint density at radius 3 is 2.57 bits per heavy atom. The highest BCUT2D eigenvalue weighted by Gasteiger charge is 2.26. The molecule has 0 aromatic heterocycles. The zero-order valence-electron chi connectivity index (χ0n) is 13.1. The fourth-order valence-corrected chi connectivity index (χ4v) is 3.22. The number of rotatable bonds is 5. The lowest BCUT2D eigenvalue weighted by Gasteiger charge is -2.38. The molecular weight excluding hydrogens is 266 g/mol. The number of hydrogen-bond donors (Lipinski definition) is 1. The van der Waals surface area contributed by atoms with Crippen molar-refractivity contribution in [3.63, 3.8) is 0 Å². The first-order valence-corrected chi connectivity index (χ1v) is 7.66. The number of nitro benzene ring substituents is 1. The SMILES string of the molecule is CNC1CCC(N(C)C(C)c2cccc([N+](=O)[O-])c2)CC1. The van der Waals surface area contributed by atoms with Crippen LogP contribution in [0, 0.1) is 10.1 Å². The van der Waals surface area contributed by atoms with Gasteiger partial charge in [0.05, 0.1) is 4.92 Å². The van der Waals surface area contributed by atoms with Crippen LogP contribution in [0.15, 0.2) is 24.3 Å². The second-order valence-electron chi connectivity index (χ2n) is 5.99. The number of nitrogens with one attached hydrogen (secondary N) is 1. The topological polar surface area (TPSA) is 58.4 Å². The first-order valence-electron chi connectivity index (χ1n) is 7.66. The van der Waals surface area contributed by atoms with Crippen LogP contribution in [-0.4, -0.2) is 36.0 Å². The fraction of sp³-hybridized carbons (Fsp3) is 0.625. The van der Waals surface area contributed by atoms with Gasteiger partial charge in [0.1, 0.15) is 0 Å². The van der Waals surface area contributed by atoms with E-state index in [0.717, 1.165) is 5.56 Å². The van der Waals surface area contributed by atoms with Crippen LogP contribution in [0.3, 0.4) is 0 Å². The van der Waals surface area contributed by atoms with Crippen molar-refractivity contribution >= 4 is 5.69 Å². The minimum atomic E-state index is -0.325. The van der Waals surface area contributed by atoms with Gasteiger partial charge in [0.25, 0.3) is 5.69 Å². The molecule has 0 saturated heterocycles. The molecule has 1 unspecified atom stereocenters. The normalized spacial score (nSPS) is 24.0. The van der Waals surface area contributed by atoms with E-state index in [4.69, 9.17) is 0 Å². The van der Waals surface area contributed by atoms with E-state index in [-0.39, 0.29) is 16.7 Å². The molecule has 116 valence electrons. The highest BCUT2D eigenvalue weighted by Crippen LogP contribution is 2.30. The lowest BCUT2D eigenvalue weighted by Crippen LogP contribution is -2.40. The van der Waals surface area contributed by atoms with Gasteiger partial charge in [-0.05, 0) is 52.3 Å². The Bertz CT molecular complexity index is 484. The number of benzene rings is 1. The van der Waals surface area contributed by atoms with E-state index in [1.165, 1.54) is 25.7 Å². The van der Waals surface area contributed by atoms with Gasteiger partial charge < -0.3 is 5.32 Å². The summed E-state index contributed by atoms with van der Waals surface area (Å²) >= 11 is 0. The van der Waals surface area contributed by atoms with Crippen molar-refractivity contribution in [2.75, 3.05) is 14.1 Å². The van der Waals surface area contributed by atoms with Crippen LogP contribution in [0.25, 0.3) is 0 Å². The summed E-state index contributed by atoms with van der Waals surface area (Å²) in [6.45, 7) is 2.13. The Labute approximate surface area is 126 Å². The van der Waals surface area contributed by atoms with Crippen molar-refractivity contribution in [2.24, 2.45) is 0 Å². The molecule has 0 amide bonds. The largest absolute Gasteiger partial charge is 0.317 e. The molecule has 1 fully saturated rings. The van der Waals surface area contributed by atoms with Crippen LogP contribution in [0.2, 0.25) is 0 Å². The van der Waals surface area contributed by atoms with Gasteiger partial charge in [0.2, 0.25) is 0 Å². The third-order valence-electron chi connectivity index (χ3n) is 4.86. The van der Waals surface area contributed by atoms with Gasteiger partial charge in [-0.1, -0.05) is 12.1 Å². The van der Waals surface area contributed by atoms with Crippen molar-refractivity contribution in [2.45, 2.75) is 50.7 Å². The molecule has 1 aliphatic carbocycles. The Balaban J connectivity index is 2.04. The average molecular weight is 291 g/mol. The molecule has 1 aromatic rings. The number of non-ortho nitro benzene ring substituents is 1. The number of hydrogen-bond acceptors (Lipinski definition) is 4. The smallest absolute Gasteiger partial charge is 0.269 e. The molecule has 21 heavy (non-hydrogen) atoms. The molecule has 1 aliphatic rings. The molecular formula is C16H25N3O2. The number of nitrogens with zero attached hydrogens (tertiary/aromatic N) is 2. The molecule has 0 radical (unpaired) electrons. The first-order chi connectivity index (χ1) is 10.0. The zero-order chi connectivity index (χ0) is 15.4. The van der Waals surface area contributed by atoms with Crippen LogP contribution < -0.4 is 5.32 Å². The number of nitro groups is 1. The van der Waals surface area contributed by atoms with E-state index in [1.54, 1.807) is 18.2 Å². The van der Waals surface area contributed by atoms with Gasteiger partial charge in [-0.2, -0.15) is 0 Å². The monoisotopic (exact) mass is 291 g/mol. The maximum atomic E-state index is 10.9. The summed E-state index contributed by atoms with van der Waals surface area (Å²) in [5.41, 5.74) is 1.19. The van der Waals surface area contributed by atoms with Gasteiger partial charge in [-0.15, -0.1) is 0 Å². The van der Waals surface area contributed by atoms with Crippen LogP contribution >= 0.6 is 0 Å². The summed E-state index contributed by atoms with van der Waals surface area (Å²) in [5, 5.41) is 14.3. The summed E-state index contributed by atoms with van der Waals surface area (Å²) in [5.74, 6) is 0. The van der Waals surface area contributed by atoms with E-state index in [2.05, 4.69) is 24.2 Å². The second kappa shape index (κ2) is 7.00. The molecule has 1 atom stereocenters. The highest BCUT2D eigenvalue weighted by molar-refractivity contribution is 5.35. The predicted molar refractivity (Wildman–Crippen MR) is 84.4 cm³/mol. The summed E-state index contributed by atoms with van der Waals surface area (Å²) in [7, 11) is 4.16. The molecule has 0 aliphatic heterocycles. The molecule has 0 spiro atoms. The van der Waals surface area contributed by atoms with Crippen molar-refractivity contribution in [1.29, 1.82) is 0 Å². The highest BCUT2D eigenvalue weighted by atomic mass is 16.6. The van der Waals surface area contributed by atoms with Crippen molar-refractivity contribution < 1.29 is 4.92 Å². The van der Waals surface area contributed by atoms with Crippen LogP contribution in [0.5, 0.6) is 0 Å². The third-order valence-corrected chi connectivity index (χ3v) is 4.86. The minimum Gasteiger partial charge on any atom is -0.317 e. The van der Waals surface area contributed by atoms with Crippen molar-refractivity contribution in [3.8, 4) is 0 Å². The Kier molecular flexibility index (Phi) is 5.31. The van der Waals surface area contributed by atoms with E-state index in [1.807, 2.05) is 13.1 Å². The van der Waals surface area contributed by atoms with Gasteiger partial charge in [-0.25, -0.2) is 0 Å². The fourth-order valence-electron chi connectivity index (χ4n) is 3.22. The van der Waals surface area contributed by atoms with E-state index >= 15 is 0 Å². The van der Waals surface area contributed by atoms with Crippen molar-refractivity contribution in [3.05, 3.63) is 39.9 Å². The van der Waals surface area contributed by atoms with Gasteiger partial charge in [0.15, 0.2) is 0 Å². The summed E-state index contributed by atoms with van der Waals surface area (Å²) < 4.78 is 0. The van der Waals surface area contributed by atoms with E-state index in [9.17, 15) is 10.1 Å². The van der Waals surface area contributed by atoms with Crippen LogP contribution in [-0.2, 0) is 0 Å². The lowest BCUT2D eigenvalue weighted by molar-refractivity contribution is -0.385. The first kappa shape index (κ1) is 15.9. The maximum absolute atomic E-state index is 10.9. The molecule has 1 aromatic carbocycles. The third kappa shape index (κ3) is 3.80. The molecule has 5 heteroatoms. The summed E-state index contributed by atoms with van der Waals surface area (Å²) in [6, 6.07) is 8.39. The second-order valence-corrected chi connectivity index (χ2v) is 5.99. The Morgan fingerprint density at radius 2 is 2.00 bits per heavy atom. The summed E-state index contributed by atoms with van der Waals surface area (Å²) in [6.07, 6.45) is 4.77. The maximum Gasteiger partial charge on any atom is 0.269 e. The standard InChI is InChI=1S/C16H25N3O2/c1-12(13-5-4-6-16(11-13)19(20)21)18(3)15-9-7-14(17-2)8-10-15/h4-6,11-12,14-15,17H,7-10H2,1-3H3. The molecule has 1 saturated carbocycles. The van der Waals surface area contributed by atoms with E-state index in [0.29, 0.717) is 12.1 Å². The van der Waals surface area contributed by atoms with E-state index < -0.39 is 0 Å².